The van der Waals surface area contributed by atoms with E-state index >= 15 is 0 Å². The minimum atomic E-state index is 0.318. The van der Waals surface area contributed by atoms with Gasteiger partial charge in [0.2, 0.25) is 0 Å². The van der Waals surface area contributed by atoms with Crippen molar-refractivity contribution in [1.29, 1.82) is 0 Å². The summed E-state index contributed by atoms with van der Waals surface area (Å²) in [4.78, 5) is 11.5. The van der Waals surface area contributed by atoms with E-state index in [9.17, 15) is 4.79 Å². The molecule has 0 radical (unpaired) electrons. The van der Waals surface area contributed by atoms with Gasteiger partial charge < -0.3 is 0 Å². The molecule has 0 aliphatic heterocycles. The molecule has 1 atom stereocenters. The molecule has 0 saturated heterocycles. The second kappa shape index (κ2) is 5.21. The van der Waals surface area contributed by atoms with Crippen molar-refractivity contribution in [3.63, 3.8) is 0 Å². The van der Waals surface area contributed by atoms with Crippen LogP contribution in [-0.2, 0) is 4.79 Å². The van der Waals surface area contributed by atoms with E-state index in [0.29, 0.717) is 11.7 Å². The van der Waals surface area contributed by atoms with Crippen molar-refractivity contribution in [2.45, 2.75) is 51.9 Å². The number of carbonyl (C=O) groups excluding carboxylic acids is 1. The normalized spacial score (nSPS) is 24.5. The highest BCUT2D eigenvalue weighted by atomic mass is 16.1. The van der Waals surface area contributed by atoms with Gasteiger partial charge in [0.1, 0.15) is 0 Å². The van der Waals surface area contributed by atoms with Crippen molar-refractivity contribution in [3.05, 3.63) is 12.2 Å². The predicted octanol–water partition coefficient (Wildman–Crippen LogP) is 3.49. The molecule has 0 aromatic heterocycles. The molecule has 1 fully saturated rings. The summed E-state index contributed by atoms with van der Waals surface area (Å²) in [5.41, 5.74) is 0.908. The Kier molecular flexibility index (Phi) is 4.20. The summed E-state index contributed by atoms with van der Waals surface area (Å²) in [6.07, 6.45) is 7.82. The molecule has 1 heteroatoms. The van der Waals surface area contributed by atoms with Gasteiger partial charge in [0.15, 0.2) is 5.78 Å². The third-order valence-electron chi connectivity index (χ3n) is 2.96. The zero-order chi connectivity index (χ0) is 9.68. The lowest BCUT2D eigenvalue weighted by molar-refractivity contribution is -0.115. The quantitative estimate of drug-likeness (QED) is 0.480. The highest BCUT2D eigenvalue weighted by Gasteiger charge is 2.20. The van der Waals surface area contributed by atoms with Gasteiger partial charge in [-0.1, -0.05) is 32.8 Å². The fourth-order valence-corrected chi connectivity index (χ4v) is 2.01. The first-order chi connectivity index (χ1) is 6.25. The Morgan fingerprint density at radius 1 is 1.46 bits per heavy atom. The molecule has 0 bridgehead atoms. The largest absolute Gasteiger partial charge is 0.295 e. The first-order valence-corrected chi connectivity index (χ1v) is 5.47. The van der Waals surface area contributed by atoms with Crippen LogP contribution in [0.3, 0.4) is 0 Å². The van der Waals surface area contributed by atoms with Gasteiger partial charge >= 0.3 is 0 Å². The molecule has 74 valence electrons. The fourth-order valence-electron chi connectivity index (χ4n) is 2.01. The smallest absolute Gasteiger partial charge is 0.158 e. The monoisotopic (exact) mass is 180 g/mol. The molecule has 0 spiro atoms. The molecule has 0 aromatic carbocycles. The third-order valence-corrected chi connectivity index (χ3v) is 2.96. The predicted molar refractivity (Wildman–Crippen MR) is 55.6 cm³/mol. The lowest BCUT2D eigenvalue weighted by atomic mass is 9.90. The Labute approximate surface area is 81.2 Å². The lowest BCUT2D eigenvalue weighted by Crippen LogP contribution is -2.09. The van der Waals surface area contributed by atoms with Gasteiger partial charge in [0.25, 0.3) is 0 Å². The molecule has 0 N–H and O–H groups in total. The zero-order valence-electron chi connectivity index (χ0n) is 8.64. The lowest BCUT2D eigenvalue weighted by Gasteiger charge is -2.14. The summed E-state index contributed by atoms with van der Waals surface area (Å²) in [7, 11) is 0. The first-order valence-electron chi connectivity index (χ1n) is 5.47. The summed E-state index contributed by atoms with van der Waals surface area (Å²) in [5.74, 6) is 0.813. The van der Waals surface area contributed by atoms with Crippen LogP contribution in [-0.4, -0.2) is 5.78 Å². The van der Waals surface area contributed by atoms with E-state index in [1.165, 1.54) is 32.1 Å². The number of carbonyl (C=O) groups is 1. The minimum absolute atomic E-state index is 0.318. The molecule has 1 saturated carbocycles. The summed E-state index contributed by atoms with van der Waals surface area (Å²) < 4.78 is 0. The highest BCUT2D eigenvalue weighted by Crippen LogP contribution is 2.28. The minimum Gasteiger partial charge on any atom is -0.295 e. The highest BCUT2D eigenvalue weighted by molar-refractivity contribution is 5.95. The van der Waals surface area contributed by atoms with Crippen molar-refractivity contribution in [3.8, 4) is 0 Å². The number of unbranched alkanes of at least 4 members (excludes halogenated alkanes) is 1. The maximum Gasteiger partial charge on any atom is 0.158 e. The van der Waals surface area contributed by atoms with Crippen LogP contribution in [0.15, 0.2) is 12.2 Å². The van der Waals surface area contributed by atoms with E-state index in [1.807, 2.05) is 0 Å². The molecular formula is C12H20O. The average molecular weight is 180 g/mol. The molecule has 0 amide bonds. The van der Waals surface area contributed by atoms with Crippen molar-refractivity contribution in [2.75, 3.05) is 0 Å². The molecule has 13 heavy (non-hydrogen) atoms. The average Bonchev–Trinajstić information content (AvgIpc) is 2.28. The van der Waals surface area contributed by atoms with E-state index in [0.717, 1.165) is 18.4 Å². The molecule has 0 aromatic rings. The maximum atomic E-state index is 11.5. The van der Waals surface area contributed by atoms with Gasteiger partial charge in [-0.2, -0.15) is 0 Å². The van der Waals surface area contributed by atoms with Crippen LogP contribution in [0.25, 0.3) is 0 Å². The number of ketones is 1. The first kappa shape index (κ1) is 10.5. The van der Waals surface area contributed by atoms with Gasteiger partial charge in [-0.3, -0.25) is 4.79 Å². The van der Waals surface area contributed by atoms with Crippen LogP contribution >= 0.6 is 0 Å². The molecular weight excluding hydrogens is 160 g/mol. The standard InChI is InChI=1S/C12H20O/c1-3-4-7-11-8-5-6-9-12(13)10(11)2/h11H,2-9H2,1H3. The van der Waals surface area contributed by atoms with E-state index in [-0.39, 0.29) is 0 Å². The van der Waals surface area contributed by atoms with E-state index in [2.05, 4.69) is 13.5 Å². The van der Waals surface area contributed by atoms with Crippen molar-refractivity contribution in [2.24, 2.45) is 5.92 Å². The van der Waals surface area contributed by atoms with E-state index in [4.69, 9.17) is 0 Å². The van der Waals surface area contributed by atoms with Gasteiger partial charge in [-0.15, -0.1) is 0 Å². The van der Waals surface area contributed by atoms with Crippen LogP contribution in [0, 0.1) is 5.92 Å². The molecule has 1 rings (SSSR count). The second-order valence-corrected chi connectivity index (χ2v) is 4.03. The SMILES string of the molecule is C=C1C(=O)CCCCC1CCCC. The number of rotatable bonds is 3. The van der Waals surface area contributed by atoms with Gasteiger partial charge in [0.05, 0.1) is 0 Å². The topological polar surface area (TPSA) is 17.1 Å². The Bertz CT molecular complexity index is 193. The summed E-state index contributed by atoms with van der Waals surface area (Å²) in [6.45, 7) is 6.14. The van der Waals surface area contributed by atoms with Crippen molar-refractivity contribution < 1.29 is 4.79 Å². The third kappa shape index (κ3) is 2.98. The van der Waals surface area contributed by atoms with Crippen molar-refractivity contribution >= 4 is 5.78 Å². The van der Waals surface area contributed by atoms with Crippen molar-refractivity contribution in [1.82, 2.24) is 0 Å². The Balaban J connectivity index is 2.49. The molecule has 1 unspecified atom stereocenters. The van der Waals surface area contributed by atoms with Gasteiger partial charge in [-0.25, -0.2) is 0 Å². The van der Waals surface area contributed by atoms with E-state index in [1.54, 1.807) is 0 Å². The van der Waals surface area contributed by atoms with Gasteiger partial charge in [0, 0.05) is 6.42 Å². The number of allylic oxidation sites excluding steroid dienone is 1. The van der Waals surface area contributed by atoms with Crippen LogP contribution in [0.5, 0.6) is 0 Å². The van der Waals surface area contributed by atoms with Crippen LogP contribution in [0.2, 0.25) is 0 Å². The number of hydrogen-bond donors (Lipinski definition) is 0. The number of Topliss-reactive ketones (excluding diaryl/α,β-unsaturated/α-hetero) is 1. The fraction of sp³-hybridized carbons (Fsp3) is 0.750. The van der Waals surface area contributed by atoms with E-state index < -0.39 is 0 Å². The molecule has 1 nitrogen and oxygen atoms in total. The van der Waals surface area contributed by atoms with Crippen LogP contribution in [0.1, 0.15) is 51.9 Å². The second-order valence-electron chi connectivity index (χ2n) is 4.03. The van der Waals surface area contributed by atoms with Gasteiger partial charge in [-0.05, 0) is 30.8 Å². The van der Waals surface area contributed by atoms with Crippen LogP contribution < -0.4 is 0 Å². The summed E-state index contributed by atoms with van der Waals surface area (Å²) >= 11 is 0. The number of hydrogen-bond acceptors (Lipinski definition) is 1. The Hall–Kier alpha value is -0.590. The summed E-state index contributed by atoms with van der Waals surface area (Å²) in [6, 6.07) is 0. The zero-order valence-corrected chi connectivity index (χ0v) is 8.64. The maximum absolute atomic E-state index is 11.5. The van der Waals surface area contributed by atoms with Crippen LogP contribution in [0.4, 0.5) is 0 Å². The molecule has 1 aliphatic rings. The summed E-state index contributed by atoms with van der Waals surface area (Å²) in [5, 5.41) is 0. The Morgan fingerprint density at radius 2 is 2.23 bits per heavy atom. The Morgan fingerprint density at radius 3 is 2.92 bits per heavy atom. The molecule has 1 aliphatic carbocycles. The molecule has 0 heterocycles.